The molecule has 17 heavy (non-hydrogen) atoms. The van der Waals surface area contributed by atoms with E-state index in [0.29, 0.717) is 12.2 Å². The van der Waals surface area contributed by atoms with Crippen LogP contribution in [0.2, 0.25) is 0 Å². The largest absolute Gasteiger partial charge is 0.347 e. The molecule has 5 heteroatoms. The summed E-state index contributed by atoms with van der Waals surface area (Å²) in [5.74, 6) is 0.631. The summed E-state index contributed by atoms with van der Waals surface area (Å²) in [6.45, 7) is 0.284. The molecular formula is C12H15N3O2. The van der Waals surface area contributed by atoms with Gasteiger partial charge in [-0.2, -0.15) is 0 Å². The number of carbonyl (C=O) groups excluding carboxylic acids is 2. The Morgan fingerprint density at radius 3 is 2.76 bits per heavy atom. The smallest absolute Gasteiger partial charge is 0.236 e. The first-order valence-corrected chi connectivity index (χ1v) is 6.04. The third-order valence-electron chi connectivity index (χ3n) is 3.91. The minimum absolute atomic E-state index is 0.0106. The number of imidazole rings is 1. The highest BCUT2D eigenvalue weighted by Crippen LogP contribution is 2.47. The van der Waals surface area contributed by atoms with Crippen molar-refractivity contribution in [2.24, 2.45) is 5.41 Å². The Hall–Kier alpha value is -1.65. The van der Waals surface area contributed by atoms with Gasteiger partial charge in [0.05, 0.1) is 12.0 Å². The van der Waals surface area contributed by atoms with Crippen LogP contribution in [0.25, 0.3) is 0 Å². The molecule has 5 nitrogen and oxygen atoms in total. The van der Waals surface area contributed by atoms with Crippen molar-refractivity contribution in [2.75, 3.05) is 0 Å². The Balaban J connectivity index is 1.82. The van der Waals surface area contributed by atoms with E-state index in [1.165, 1.54) is 4.90 Å². The summed E-state index contributed by atoms with van der Waals surface area (Å²) < 4.78 is 0. The quantitative estimate of drug-likeness (QED) is 0.781. The Morgan fingerprint density at radius 1 is 1.35 bits per heavy atom. The minimum Gasteiger partial charge on any atom is -0.347 e. The topological polar surface area (TPSA) is 66.1 Å². The van der Waals surface area contributed by atoms with Gasteiger partial charge in [-0.05, 0) is 12.8 Å². The van der Waals surface area contributed by atoms with Crippen molar-refractivity contribution in [1.29, 1.82) is 0 Å². The first-order chi connectivity index (χ1) is 8.21. The number of nitrogens with zero attached hydrogens (tertiary/aromatic N) is 2. The standard InChI is InChI=1S/C12H15N3O2/c16-10-7-12(3-1-2-4-12)11(17)15(10)8-9-13-5-6-14-9/h5-6H,1-4,7-8H2,(H,13,14). The van der Waals surface area contributed by atoms with Crippen LogP contribution in [-0.4, -0.2) is 26.7 Å². The monoisotopic (exact) mass is 233 g/mol. The van der Waals surface area contributed by atoms with E-state index in [1.54, 1.807) is 12.4 Å². The van der Waals surface area contributed by atoms with E-state index in [4.69, 9.17) is 0 Å². The SMILES string of the molecule is O=C1CC2(CCCC2)C(=O)N1Cc1ncc[nH]1. The van der Waals surface area contributed by atoms with Gasteiger partial charge in [0, 0.05) is 18.8 Å². The lowest BCUT2D eigenvalue weighted by molar-refractivity contribution is -0.142. The van der Waals surface area contributed by atoms with Gasteiger partial charge >= 0.3 is 0 Å². The summed E-state index contributed by atoms with van der Waals surface area (Å²) in [7, 11) is 0. The third-order valence-corrected chi connectivity index (χ3v) is 3.91. The molecule has 1 aliphatic heterocycles. The fourth-order valence-corrected chi connectivity index (χ4v) is 3.00. The number of rotatable bonds is 2. The van der Waals surface area contributed by atoms with E-state index in [1.807, 2.05) is 0 Å². The molecule has 3 rings (SSSR count). The molecule has 1 N–H and O–H groups in total. The molecule has 1 spiro atoms. The van der Waals surface area contributed by atoms with Crippen LogP contribution in [0.15, 0.2) is 12.4 Å². The van der Waals surface area contributed by atoms with Gasteiger partial charge in [0.2, 0.25) is 11.8 Å². The van der Waals surface area contributed by atoms with Crippen LogP contribution in [0.3, 0.4) is 0 Å². The van der Waals surface area contributed by atoms with Crippen LogP contribution in [0.1, 0.15) is 37.9 Å². The molecule has 1 saturated heterocycles. The molecular weight excluding hydrogens is 218 g/mol. The van der Waals surface area contributed by atoms with Crippen LogP contribution >= 0.6 is 0 Å². The number of imide groups is 1. The molecule has 0 radical (unpaired) electrons. The van der Waals surface area contributed by atoms with E-state index in [-0.39, 0.29) is 23.8 Å². The second-order valence-corrected chi connectivity index (χ2v) is 4.99. The molecule has 2 heterocycles. The third kappa shape index (κ3) is 1.57. The molecule has 1 saturated carbocycles. The highest BCUT2D eigenvalue weighted by Gasteiger charge is 2.52. The van der Waals surface area contributed by atoms with E-state index < -0.39 is 0 Å². The van der Waals surface area contributed by atoms with Gasteiger partial charge in [-0.1, -0.05) is 12.8 Å². The summed E-state index contributed by atoms with van der Waals surface area (Å²) >= 11 is 0. The molecule has 2 amide bonds. The van der Waals surface area contributed by atoms with Crippen molar-refractivity contribution >= 4 is 11.8 Å². The zero-order valence-corrected chi connectivity index (χ0v) is 9.61. The van der Waals surface area contributed by atoms with Gasteiger partial charge in [-0.15, -0.1) is 0 Å². The van der Waals surface area contributed by atoms with Crippen molar-refractivity contribution in [3.63, 3.8) is 0 Å². The Kier molecular flexibility index (Phi) is 2.28. The molecule has 90 valence electrons. The average Bonchev–Trinajstić information content (AvgIpc) is 2.99. The molecule has 2 aliphatic rings. The maximum atomic E-state index is 12.3. The number of aromatic amines is 1. The van der Waals surface area contributed by atoms with E-state index in [9.17, 15) is 9.59 Å². The van der Waals surface area contributed by atoms with Gasteiger partial charge < -0.3 is 4.98 Å². The van der Waals surface area contributed by atoms with Crippen molar-refractivity contribution in [2.45, 2.75) is 38.6 Å². The van der Waals surface area contributed by atoms with Crippen LogP contribution in [-0.2, 0) is 16.1 Å². The zero-order chi connectivity index (χ0) is 11.9. The predicted molar refractivity (Wildman–Crippen MR) is 59.7 cm³/mol. The Morgan fingerprint density at radius 2 is 2.12 bits per heavy atom. The predicted octanol–water partition coefficient (Wildman–Crippen LogP) is 1.23. The van der Waals surface area contributed by atoms with Gasteiger partial charge in [0.15, 0.2) is 0 Å². The number of aromatic nitrogens is 2. The summed E-state index contributed by atoms with van der Waals surface area (Å²) in [5.41, 5.74) is -0.371. The van der Waals surface area contributed by atoms with E-state index >= 15 is 0 Å². The lowest BCUT2D eigenvalue weighted by atomic mass is 9.84. The molecule has 0 unspecified atom stereocenters. The number of hydrogen-bond acceptors (Lipinski definition) is 3. The number of likely N-dealkylation sites (tertiary alicyclic amines) is 1. The van der Waals surface area contributed by atoms with Crippen molar-refractivity contribution in [1.82, 2.24) is 14.9 Å². The highest BCUT2D eigenvalue weighted by molar-refractivity contribution is 6.05. The molecule has 1 aromatic rings. The molecule has 1 aliphatic carbocycles. The van der Waals surface area contributed by atoms with E-state index in [2.05, 4.69) is 9.97 Å². The fraction of sp³-hybridized carbons (Fsp3) is 0.583. The number of hydrogen-bond donors (Lipinski definition) is 1. The van der Waals surface area contributed by atoms with Crippen LogP contribution in [0.5, 0.6) is 0 Å². The fourth-order valence-electron chi connectivity index (χ4n) is 3.00. The summed E-state index contributed by atoms with van der Waals surface area (Å²) in [6.07, 6.45) is 7.59. The molecule has 0 atom stereocenters. The second-order valence-electron chi connectivity index (χ2n) is 4.99. The lowest BCUT2D eigenvalue weighted by Crippen LogP contribution is -2.34. The van der Waals surface area contributed by atoms with E-state index in [0.717, 1.165) is 25.7 Å². The van der Waals surface area contributed by atoms with Crippen molar-refractivity contribution in [3.05, 3.63) is 18.2 Å². The van der Waals surface area contributed by atoms with Gasteiger partial charge in [-0.3, -0.25) is 14.5 Å². The highest BCUT2D eigenvalue weighted by atomic mass is 16.2. The Bertz CT molecular complexity index is 446. The van der Waals surface area contributed by atoms with Gasteiger partial charge in [0.1, 0.15) is 5.82 Å². The lowest BCUT2D eigenvalue weighted by Gasteiger charge is -2.20. The summed E-state index contributed by atoms with van der Waals surface area (Å²) in [4.78, 5) is 32.6. The minimum atomic E-state index is -0.371. The number of amides is 2. The van der Waals surface area contributed by atoms with Gasteiger partial charge in [0.25, 0.3) is 0 Å². The Labute approximate surface area is 99.2 Å². The first kappa shape index (κ1) is 10.5. The zero-order valence-electron chi connectivity index (χ0n) is 9.61. The van der Waals surface area contributed by atoms with Crippen molar-refractivity contribution < 1.29 is 9.59 Å². The summed E-state index contributed by atoms with van der Waals surface area (Å²) in [5, 5.41) is 0. The maximum Gasteiger partial charge on any atom is 0.236 e. The maximum absolute atomic E-state index is 12.3. The number of H-pyrrole nitrogens is 1. The number of carbonyl (C=O) groups is 2. The molecule has 1 aromatic heterocycles. The summed E-state index contributed by atoms with van der Waals surface area (Å²) in [6, 6.07) is 0. The van der Waals surface area contributed by atoms with Crippen LogP contribution in [0, 0.1) is 5.41 Å². The molecule has 0 aromatic carbocycles. The molecule has 2 fully saturated rings. The normalized spacial score (nSPS) is 22.9. The average molecular weight is 233 g/mol. The van der Waals surface area contributed by atoms with Crippen LogP contribution in [0.4, 0.5) is 0 Å². The van der Waals surface area contributed by atoms with Crippen LogP contribution < -0.4 is 0 Å². The second kappa shape index (κ2) is 3.68. The van der Waals surface area contributed by atoms with Crippen molar-refractivity contribution in [3.8, 4) is 0 Å². The molecule has 0 bridgehead atoms. The number of nitrogens with one attached hydrogen (secondary N) is 1. The van der Waals surface area contributed by atoms with Gasteiger partial charge in [-0.25, -0.2) is 4.98 Å². The first-order valence-electron chi connectivity index (χ1n) is 6.04.